The van der Waals surface area contributed by atoms with Crippen LogP contribution in [0.25, 0.3) is 0 Å². The Kier molecular flexibility index (Phi) is 4.02. The Bertz CT molecular complexity index is 644. The number of carbonyl (C=O) groups is 2. The summed E-state index contributed by atoms with van der Waals surface area (Å²) >= 11 is 0. The van der Waals surface area contributed by atoms with E-state index < -0.39 is 0 Å². The van der Waals surface area contributed by atoms with Crippen molar-refractivity contribution in [2.24, 2.45) is 5.16 Å². The maximum absolute atomic E-state index is 12.3. The van der Waals surface area contributed by atoms with E-state index in [0.29, 0.717) is 17.7 Å². The van der Waals surface area contributed by atoms with Gasteiger partial charge in [-0.3, -0.25) is 14.5 Å². The molecule has 1 aromatic rings. The molecule has 2 heterocycles. The number of amides is 2. The summed E-state index contributed by atoms with van der Waals surface area (Å²) < 4.78 is 0. The van der Waals surface area contributed by atoms with Crippen LogP contribution in [0.15, 0.2) is 41.1 Å². The third-order valence-corrected chi connectivity index (χ3v) is 3.83. The lowest BCUT2D eigenvalue weighted by molar-refractivity contribution is 0.0672. The predicted molar refractivity (Wildman–Crippen MR) is 81.8 cm³/mol. The van der Waals surface area contributed by atoms with Crippen LogP contribution in [0, 0.1) is 0 Å². The van der Waals surface area contributed by atoms with Crippen molar-refractivity contribution in [1.29, 1.82) is 0 Å². The zero-order chi connectivity index (χ0) is 15.5. The molecule has 6 heteroatoms. The first-order valence-electron chi connectivity index (χ1n) is 7.17. The molecule has 0 bridgehead atoms. The van der Waals surface area contributed by atoms with Gasteiger partial charge in [0, 0.05) is 13.1 Å². The van der Waals surface area contributed by atoms with Crippen LogP contribution in [0.1, 0.15) is 27.1 Å². The largest absolute Gasteiger partial charge is 0.399 e. The van der Waals surface area contributed by atoms with Crippen molar-refractivity contribution >= 4 is 17.5 Å². The molecule has 0 saturated carbocycles. The fourth-order valence-electron chi connectivity index (χ4n) is 2.72. The molecule has 6 nitrogen and oxygen atoms in total. The number of benzene rings is 1. The van der Waals surface area contributed by atoms with E-state index in [9.17, 15) is 9.59 Å². The lowest BCUT2D eigenvalue weighted by atomic mass is 10.0. The lowest BCUT2D eigenvalue weighted by Gasteiger charge is -2.19. The molecular formula is C16H17N3O3. The van der Waals surface area contributed by atoms with Gasteiger partial charge >= 0.3 is 0 Å². The topological polar surface area (TPSA) is 71.0 Å². The molecular weight excluding hydrogens is 282 g/mol. The standard InChI is InChI=1S/C16H17N3O3/c1-22-18-14-10-17-8-6-11(14)7-9-19-15(20)12-4-2-3-5-13(12)16(19)21/h2-5,7,17H,6,8-10H2,1H3/b11-7-,18-14+. The minimum atomic E-state index is -0.239. The van der Waals surface area contributed by atoms with Gasteiger partial charge in [0.15, 0.2) is 0 Å². The van der Waals surface area contributed by atoms with E-state index in [1.54, 1.807) is 24.3 Å². The second-order valence-corrected chi connectivity index (χ2v) is 5.14. The fraction of sp³-hybridized carbons (Fsp3) is 0.312. The summed E-state index contributed by atoms with van der Waals surface area (Å²) in [5, 5.41) is 7.20. The van der Waals surface area contributed by atoms with Gasteiger partial charge in [-0.1, -0.05) is 23.4 Å². The average Bonchev–Trinajstić information content (AvgIpc) is 2.79. The number of nitrogens with zero attached hydrogens (tertiary/aromatic N) is 2. The average molecular weight is 299 g/mol. The molecule has 1 saturated heterocycles. The lowest BCUT2D eigenvalue weighted by Crippen LogP contribution is -2.34. The van der Waals surface area contributed by atoms with E-state index in [1.807, 2.05) is 6.08 Å². The van der Waals surface area contributed by atoms with Crippen LogP contribution >= 0.6 is 0 Å². The highest BCUT2D eigenvalue weighted by molar-refractivity contribution is 6.21. The third kappa shape index (κ3) is 2.53. The molecule has 0 unspecified atom stereocenters. The van der Waals surface area contributed by atoms with E-state index in [-0.39, 0.29) is 18.4 Å². The predicted octanol–water partition coefficient (Wildman–Crippen LogP) is 1.20. The fourth-order valence-corrected chi connectivity index (χ4v) is 2.72. The van der Waals surface area contributed by atoms with E-state index in [4.69, 9.17) is 4.84 Å². The molecule has 2 amide bonds. The first kappa shape index (κ1) is 14.5. The van der Waals surface area contributed by atoms with E-state index >= 15 is 0 Å². The van der Waals surface area contributed by atoms with Crippen LogP contribution in [0.4, 0.5) is 0 Å². The Hall–Kier alpha value is -2.47. The van der Waals surface area contributed by atoms with Crippen molar-refractivity contribution in [3.63, 3.8) is 0 Å². The summed E-state index contributed by atoms with van der Waals surface area (Å²) in [4.78, 5) is 30.7. The van der Waals surface area contributed by atoms with E-state index in [1.165, 1.54) is 12.0 Å². The Morgan fingerprint density at radius 1 is 1.27 bits per heavy atom. The molecule has 114 valence electrons. The van der Waals surface area contributed by atoms with Gasteiger partial charge in [0.1, 0.15) is 7.11 Å². The molecule has 1 fully saturated rings. The van der Waals surface area contributed by atoms with E-state index in [0.717, 1.165) is 24.3 Å². The summed E-state index contributed by atoms with van der Waals surface area (Å²) in [6.07, 6.45) is 2.69. The van der Waals surface area contributed by atoms with Crippen molar-refractivity contribution in [2.75, 3.05) is 26.7 Å². The first-order valence-corrected chi connectivity index (χ1v) is 7.17. The molecule has 22 heavy (non-hydrogen) atoms. The molecule has 0 spiro atoms. The van der Waals surface area contributed by atoms with Crippen LogP contribution < -0.4 is 5.32 Å². The summed E-state index contributed by atoms with van der Waals surface area (Å²) in [7, 11) is 1.50. The second kappa shape index (κ2) is 6.11. The highest BCUT2D eigenvalue weighted by Gasteiger charge is 2.34. The monoisotopic (exact) mass is 299 g/mol. The summed E-state index contributed by atoms with van der Waals surface area (Å²) in [5.41, 5.74) is 2.77. The summed E-state index contributed by atoms with van der Waals surface area (Å²) in [6.45, 7) is 1.73. The Balaban J connectivity index is 1.80. The molecule has 0 radical (unpaired) electrons. The minimum Gasteiger partial charge on any atom is -0.399 e. The zero-order valence-electron chi connectivity index (χ0n) is 12.3. The van der Waals surface area contributed by atoms with Gasteiger partial charge in [0.05, 0.1) is 16.8 Å². The smallest absolute Gasteiger partial charge is 0.261 e. The van der Waals surface area contributed by atoms with Crippen molar-refractivity contribution in [3.05, 3.63) is 47.0 Å². The summed E-state index contributed by atoms with van der Waals surface area (Å²) in [5.74, 6) is -0.478. The molecule has 0 atom stereocenters. The second-order valence-electron chi connectivity index (χ2n) is 5.14. The number of piperidine rings is 1. The number of oxime groups is 1. The number of carbonyl (C=O) groups excluding carboxylic acids is 2. The molecule has 0 aromatic heterocycles. The van der Waals surface area contributed by atoms with Gasteiger partial charge in [-0.25, -0.2) is 0 Å². The Morgan fingerprint density at radius 2 is 1.95 bits per heavy atom. The maximum atomic E-state index is 12.3. The Labute approximate surface area is 128 Å². The number of imide groups is 1. The highest BCUT2D eigenvalue weighted by Crippen LogP contribution is 2.22. The van der Waals surface area contributed by atoms with Crippen LogP contribution in [0.3, 0.4) is 0 Å². The van der Waals surface area contributed by atoms with Gasteiger partial charge in [-0.2, -0.15) is 0 Å². The van der Waals surface area contributed by atoms with Crippen LogP contribution in [-0.2, 0) is 4.84 Å². The van der Waals surface area contributed by atoms with Gasteiger partial charge in [0.25, 0.3) is 11.8 Å². The molecule has 2 aliphatic heterocycles. The van der Waals surface area contributed by atoms with Gasteiger partial charge < -0.3 is 10.2 Å². The molecule has 3 rings (SSSR count). The normalized spacial score (nSPS) is 21.6. The number of hydrogen-bond acceptors (Lipinski definition) is 5. The van der Waals surface area contributed by atoms with Crippen molar-refractivity contribution in [1.82, 2.24) is 10.2 Å². The van der Waals surface area contributed by atoms with Crippen LogP contribution in [0.5, 0.6) is 0 Å². The maximum Gasteiger partial charge on any atom is 0.261 e. The zero-order valence-corrected chi connectivity index (χ0v) is 12.3. The van der Waals surface area contributed by atoms with Crippen molar-refractivity contribution in [2.45, 2.75) is 6.42 Å². The van der Waals surface area contributed by atoms with Gasteiger partial charge in [-0.05, 0) is 30.7 Å². The van der Waals surface area contributed by atoms with Crippen LogP contribution in [0.2, 0.25) is 0 Å². The number of hydrogen-bond donors (Lipinski definition) is 1. The van der Waals surface area contributed by atoms with Crippen molar-refractivity contribution in [3.8, 4) is 0 Å². The third-order valence-electron chi connectivity index (χ3n) is 3.83. The number of nitrogens with one attached hydrogen (secondary N) is 1. The SMILES string of the molecule is CO/N=C1\CNCC\C1=C\CN1C(=O)c2ccccc2C1=O. The number of fused-ring (bicyclic) bond motifs is 1. The van der Waals surface area contributed by atoms with Gasteiger partial charge in [0.2, 0.25) is 0 Å². The highest BCUT2D eigenvalue weighted by atomic mass is 16.6. The quantitative estimate of drug-likeness (QED) is 0.672. The molecule has 0 aliphatic carbocycles. The Morgan fingerprint density at radius 3 is 2.59 bits per heavy atom. The molecule has 1 aromatic carbocycles. The van der Waals surface area contributed by atoms with E-state index in [2.05, 4.69) is 10.5 Å². The van der Waals surface area contributed by atoms with Crippen LogP contribution in [-0.4, -0.2) is 49.2 Å². The van der Waals surface area contributed by atoms with Gasteiger partial charge in [-0.15, -0.1) is 0 Å². The van der Waals surface area contributed by atoms with Crippen molar-refractivity contribution < 1.29 is 14.4 Å². The summed E-state index contributed by atoms with van der Waals surface area (Å²) in [6, 6.07) is 6.90. The molecule has 1 N–H and O–H groups in total. The number of rotatable bonds is 3. The first-order chi connectivity index (χ1) is 10.7. The minimum absolute atomic E-state index is 0.239. The molecule has 2 aliphatic rings.